The van der Waals surface area contributed by atoms with Crippen LogP contribution in [-0.2, 0) is 6.54 Å². The van der Waals surface area contributed by atoms with Gasteiger partial charge in [0.15, 0.2) is 0 Å². The van der Waals surface area contributed by atoms with Crippen molar-refractivity contribution in [1.82, 2.24) is 9.78 Å². The summed E-state index contributed by atoms with van der Waals surface area (Å²) in [6.07, 6.45) is 1.99. The summed E-state index contributed by atoms with van der Waals surface area (Å²) >= 11 is 1.54. The third kappa shape index (κ3) is 2.94. The highest BCUT2D eigenvalue weighted by Crippen LogP contribution is 2.41. The molecule has 0 saturated heterocycles. The van der Waals surface area contributed by atoms with Crippen LogP contribution in [0, 0.1) is 13.8 Å². The first-order valence-electron chi connectivity index (χ1n) is 8.24. The first-order chi connectivity index (χ1) is 12.1. The molecule has 25 heavy (non-hydrogen) atoms. The van der Waals surface area contributed by atoms with Gasteiger partial charge in [0, 0.05) is 21.7 Å². The van der Waals surface area contributed by atoms with Gasteiger partial charge in [0.2, 0.25) is 5.78 Å². The highest BCUT2D eigenvalue weighted by atomic mass is 32.2. The topological polar surface area (TPSA) is 34.9 Å². The summed E-state index contributed by atoms with van der Waals surface area (Å²) in [4.78, 5) is 14.4. The number of rotatable bonds is 3. The summed E-state index contributed by atoms with van der Waals surface area (Å²) in [5.74, 6) is 0.107. The Labute approximate surface area is 151 Å². The van der Waals surface area contributed by atoms with Crippen molar-refractivity contribution in [3.63, 3.8) is 0 Å². The van der Waals surface area contributed by atoms with Crippen molar-refractivity contribution in [3.8, 4) is 0 Å². The van der Waals surface area contributed by atoms with E-state index in [1.54, 1.807) is 11.8 Å². The van der Waals surface area contributed by atoms with Gasteiger partial charge in [0.25, 0.3) is 0 Å². The number of hydrogen-bond acceptors (Lipinski definition) is 3. The normalized spacial score (nSPS) is 15.0. The van der Waals surface area contributed by atoms with Gasteiger partial charge in [-0.1, -0.05) is 54.2 Å². The third-order valence-corrected chi connectivity index (χ3v) is 5.56. The lowest BCUT2D eigenvalue weighted by Gasteiger charge is -2.04. The van der Waals surface area contributed by atoms with Crippen molar-refractivity contribution in [2.75, 3.05) is 0 Å². The van der Waals surface area contributed by atoms with Gasteiger partial charge in [0.1, 0.15) is 0 Å². The summed E-state index contributed by atoms with van der Waals surface area (Å²) in [6.45, 7) is 4.79. The molecular weight excluding hydrogens is 328 g/mol. The van der Waals surface area contributed by atoms with Crippen molar-refractivity contribution < 1.29 is 4.79 Å². The zero-order chi connectivity index (χ0) is 17.4. The summed E-state index contributed by atoms with van der Waals surface area (Å²) in [6, 6.07) is 18.1. The van der Waals surface area contributed by atoms with Crippen molar-refractivity contribution in [2.24, 2.45) is 0 Å². The first kappa shape index (κ1) is 15.9. The van der Waals surface area contributed by atoms with Crippen molar-refractivity contribution in [2.45, 2.75) is 25.3 Å². The Balaban J connectivity index is 1.67. The second-order valence-electron chi connectivity index (χ2n) is 6.16. The third-order valence-electron chi connectivity index (χ3n) is 4.46. The van der Waals surface area contributed by atoms with Crippen LogP contribution in [0.2, 0.25) is 0 Å². The predicted octanol–water partition coefficient (Wildman–Crippen LogP) is 4.88. The van der Waals surface area contributed by atoms with Crippen LogP contribution in [0.3, 0.4) is 0 Å². The molecule has 4 heteroatoms. The Morgan fingerprint density at radius 1 is 1.04 bits per heavy atom. The quantitative estimate of drug-likeness (QED) is 0.634. The van der Waals surface area contributed by atoms with E-state index >= 15 is 0 Å². The molecule has 1 aliphatic rings. The van der Waals surface area contributed by atoms with Crippen molar-refractivity contribution in [1.29, 1.82) is 0 Å². The van der Waals surface area contributed by atoms with Gasteiger partial charge in [-0.2, -0.15) is 5.10 Å². The summed E-state index contributed by atoms with van der Waals surface area (Å²) in [5.41, 5.74) is 5.08. The molecule has 0 spiro atoms. The maximum Gasteiger partial charge on any atom is 0.200 e. The number of carbonyl (C=O) groups excluding carboxylic acids is 1. The van der Waals surface area contributed by atoms with Gasteiger partial charge in [-0.05, 0) is 37.6 Å². The van der Waals surface area contributed by atoms with Gasteiger partial charge in [0.05, 0.1) is 17.1 Å². The second-order valence-corrected chi connectivity index (χ2v) is 7.25. The summed E-state index contributed by atoms with van der Waals surface area (Å²) in [5, 5.41) is 4.67. The number of benzene rings is 2. The molecule has 3 aromatic rings. The van der Waals surface area contributed by atoms with E-state index in [0.29, 0.717) is 0 Å². The predicted molar refractivity (Wildman–Crippen MR) is 102 cm³/mol. The monoisotopic (exact) mass is 346 g/mol. The fourth-order valence-corrected chi connectivity index (χ4v) is 4.13. The molecule has 1 aromatic heterocycles. The summed E-state index contributed by atoms with van der Waals surface area (Å²) < 4.78 is 2.01. The molecule has 2 heterocycles. The molecule has 124 valence electrons. The average molecular weight is 346 g/mol. The Morgan fingerprint density at radius 3 is 2.52 bits per heavy atom. The lowest BCUT2D eigenvalue weighted by atomic mass is 10.1. The number of aromatic nitrogens is 2. The van der Waals surface area contributed by atoms with Crippen LogP contribution in [0.4, 0.5) is 0 Å². The maximum atomic E-state index is 12.6. The fraction of sp³-hybridized carbons (Fsp3) is 0.143. The van der Waals surface area contributed by atoms with Crippen LogP contribution in [0.25, 0.3) is 6.08 Å². The Hall–Kier alpha value is -2.59. The van der Waals surface area contributed by atoms with Gasteiger partial charge >= 0.3 is 0 Å². The molecule has 0 saturated carbocycles. The van der Waals surface area contributed by atoms with E-state index in [9.17, 15) is 4.79 Å². The Kier molecular flexibility index (Phi) is 4.06. The van der Waals surface area contributed by atoms with E-state index in [0.717, 1.165) is 38.9 Å². The van der Waals surface area contributed by atoms with E-state index in [1.165, 1.54) is 5.56 Å². The Bertz CT molecular complexity index is 986. The summed E-state index contributed by atoms with van der Waals surface area (Å²) in [7, 11) is 0. The SMILES string of the molecule is Cc1nn(Cc2ccccc2)c(C)c1C=C1Sc2ccccc2C1=O. The van der Waals surface area contributed by atoms with Crippen molar-refractivity contribution in [3.05, 3.63) is 87.6 Å². The number of ketones is 1. The van der Waals surface area contributed by atoms with Crippen LogP contribution in [0.15, 0.2) is 64.4 Å². The first-order valence-corrected chi connectivity index (χ1v) is 9.06. The molecule has 1 aliphatic heterocycles. The second kappa shape index (κ2) is 6.37. The van der Waals surface area contributed by atoms with Crippen LogP contribution in [-0.4, -0.2) is 15.6 Å². The fourth-order valence-electron chi connectivity index (χ4n) is 3.10. The van der Waals surface area contributed by atoms with Crippen LogP contribution in [0.1, 0.15) is 32.9 Å². The lowest BCUT2D eigenvalue weighted by molar-refractivity contribution is 0.104. The van der Waals surface area contributed by atoms with Crippen molar-refractivity contribution >= 4 is 23.6 Å². The number of allylic oxidation sites excluding steroid dienone is 1. The molecular formula is C21H18N2OS. The largest absolute Gasteiger partial charge is 0.288 e. The zero-order valence-corrected chi connectivity index (χ0v) is 15.0. The highest BCUT2D eigenvalue weighted by Gasteiger charge is 2.26. The number of fused-ring (bicyclic) bond motifs is 1. The molecule has 0 atom stereocenters. The number of Topliss-reactive ketones (excluding diaryl/α,β-unsaturated/α-hetero) is 1. The minimum atomic E-state index is 0.107. The molecule has 0 bridgehead atoms. The smallest absolute Gasteiger partial charge is 0.200 e. The minimum Gasteiger partial charge on any atom is -0.288 e. The van der Waals surface area contributed by atoms with Crippen LogP contribution >= 0.6 is 11.8 Å². The number of nitrogens with zero attached hydrogens (tertiary/aromatic N) is 2. The van der Waals surface area contributed by atoms with E-state index in [2.05, 4.69) is 24.2 Å². The molecule has 4 rings (SSSR count). The van der Waals surface area contributed by atoms with Gasteiger partial charge in [-0.15, -0.1) is 0 Å². The molecule has 0 N–H and O–H groups in total. The van der Waals surface area contributed by atoms with Crippen LogP contribution < -0.4 is 0 Å². The molecule has 0 amide bonds. The van der Waals surface area contributed by atoms with E-state index in [-0.39, 0.29) is 5.78 Å². The molecule has 0 unspecified atom stereocenters. The zero-order valence-electron chi connectivity index (χ0n) is 14.2. The standard InChI is InChI=1S/C21H18N2OS/c1-14-18(12-20-21(24)17-10-6-7-11-19(17)25-20)15(2)23(22-14)13-16-8-4-3-5-9-16/h3-12H,13H2,1-2H3. The van der Waals surface area contributed by atoms with Gasteiger partial charge in [-0.25, -0.2) is 0 Å². The van der Waals surface area contributed by atoms with E-state index in [4.69, 9.17) is 0 Å². The lowest BCUT2D eigenvalue weighted by Crippen LogP contribution is -2.03. The van der Waals surface area contributed by atoms with Gasteiger partial charge < -0.3 is 0 Å². The minimum absolute atomic E-state index is 0.107. The molecule has 3 nitrogen and oxygen atoms in total. The Morgan fingerprint density at radius 2 is 1.76 bits per heavy atom. The number of aryl methyl sites for hydroxylation is 1. The van der Waals surface area contributed by atoms with Gasteiger partial charge in [-0.3, -0.25) is 9.48 Å². The maximum absolute atomic E-state index is 12.6. The number of carbonyl (C=O) groups is 1. The highest BCUT2D eigenvalue weighted by molar-refractivity contribution is 8.04. The van der Waals surface area contributed by atoms with Crippen LogP contribution in [0.5, 0.6) is 0 Å². The number of thioether (sulfide) groups is 1. The van der Waals surface area contributed by atoms with E-state index in [1.807, 2.05) is 60.1 Å². The number of hydrogen-bond donors (Lipinski definition) is 0. The average Bonchev–Trinajstić information content (AvgIpc) is 3.08. The molecule has 0 fully saturated rings. The van der Waals surface area contributed by atoms with E-state index < -0.39 is 0 Å². The molecule has 2 aromatic carbocycles. The molecule has 0 radical (unpaired) electrons. The molecule has 0 aliphatic carbocycles.